The first kappa shape index (κ1) is 18.1. The number of carbonyl (C=O) groups excluding carboxylic acids is 2. The molecule has 26 heavy (non-hydrogen) atoms. The highest BCUT2D eigenvalue weighted by molar-refractivity contribution is 7.16. The highest BCUT2D eigenvalue weighted by atomic mass is 32.1. The molecule has 0 spiro atoms. The Labute approximate surface area is 155 Å². The van der Waals surface area contributed by atoms with Crippen molar-refractivity contribution in [1.82, 2.24) is 4.57 Å². The lowest BCUT2D eigenvalue weighted by Crippen LogP contribution is -2.22. The molecule has 2 aromatic carbocycles. The van der Waals surface area contributed by atoms with E-state index in [-0.39, 0.29) is 18.4 Å². The van der Waals surface area contributed by atoms with Crippen LogP contribution in [0.3, 0.4) is 0 Å². The second kappa shape index (κ2) is 7.25. The lowest BCUT2D eigenvalue weighted by atomic mass is 10.1. The minimum atomic E-state index is -0.381. The molecule has 0 radical (unpaired) electrons. The maximum Gasteiger partial charge on any atom is 0.325 e. The molecule has 0 bridgehead atoms. The van der Waals surface area contributed by atoms with E-state index in [9.17, 15) is 9.59 Å². The largest absolute Gasteiger partial charge is 0.468 e. The Morgan fingerprint density at radius 1 is 1.08 bits per heavy atom. The number of aryl methyl sites for hydroxylation is 3. The predicted octanol–water partition coefficient (Wildman–Crippen LogP) is 3.54. The fourth-order valence-electron chi connectivity index (χ4n) is 2.76. The number of hydrogen-bond donors (Lipinski definition) is 0. The van der Waals surface area contributed by atoms with Crippen molar-refractivity contribution in [3.05, 3.63) is 63.5 Å². The van der Waals surface area contributed by atoms with Gasteiger partial charge in [0.05, 0.1) is 17.3 Å². The standard InChI is InChI=1S/C20H20N2O3S/c1-12-8-9-15(10-14(12)3)19(24)21-20-22(11-17(23)25-4)18-13(2)6-5-7-16(18)26-20/h5-10H,11H2,1-4H3. The molecule has 5 nitrogen and oxygen atoms in total. The average molecular weight is 368 g/mol. The number of nitrogens with zero attached hydrogens (tertiary/aromatic N) is 2. The van der Waals surface area contributed by atoms with E-state index in [0.717, 1.165) is 26.9 Å². The number of rotatable bonds is 3. The summed E-state index contributed by atoms with van der Waals surface area (Å²) in [5.41, 5.74) is 4.62. The van der Waals surface area contributed by atoms with E-state index in [0.29, 0.717) is 10.4 Å². The van der Waals surface area contributed by atoms with E-state index in [1.165, 1.54) is 18.4 Å². The first-order valence-corrected chi connectivity index (χ1v) is 9.04. The molecule has 3 aromatic rings. The summed E-state index contributed by atoms with van der Waals surface area (Å²) in [6.07, 6.45) is 0. The topological polar surface area (TPSA) is 60.7 Å². The van der Waals surface area contributed by atoms with Gasteiger partial charge in [0.15, 0.2) is 4.80 Å². The molecule has 1 amide bonds. The fourth-order valence-corrected chi connectivity index (χ4v) is 3.86. The van der Waals surface area contributed by atoms with Gasteiger partial charge < -0.3 is 9.30 Å². The molecule has 0 aliphatic rings. The van der Waals surface area contributed by atoms with Gasteiger partial charge in [-0.2, -0.15) is 4.99 Å². The second-order valence-electron chi connectivity index (χ2n) is 6.18. The third kappa shape index (κ3) is 3.46. The lowest BCUT2D eigenvalue weighted by Gasteiger charge is -2.06. The summed E-state index contributed by atoms with van der Waals surface area (Å²) in [5.74, 6) is -0.705. The van der Waals surface area contributed by atoms with Gasteiger partial charge in [-0.3, -0.25) is 9.59 Å². The van der Waals surface area contributed by atoms with Crippen LogP contribution in [0.2, 0.25) is 0 Å². The average Bonchev–Trinajstić information content (AvgIpc) is 2.95. The summed E-state index contributed by atoms with van der Waals surface area (Å²) >= 11 is 1.39. The van der Waals surface area contributed by atoms with E-state index in [2.05, 4.69) is 4.99 Å². The lowest BCUT2D eigenvalue weighted by molar-refractivity contribution is -0.141. The number of methoxy groups -OCH3 is 1. The SMILES string of the molecule is COC(=O)Cn1c(=NC(=O)c2ccc(C)c(C)c2)sc2cccc(C)c21. The molecular weight excluding hydrogens is 348 g/mol. The van der Waals surface area contributed by atoms with Gasteiger partial charge in [0.25, 0.3) is 5.91 Å². The van der Waals surface area contributed by atoms with Crippen LogP contribution in [0.15, 0.2) is 41.4 Å². The Bertz CT molecular complexity index is 1080. The van der Waals surface area contributed by atoms with Crippen LogP contribution < -0.4 is 4.80 Å². The van der Waals surface area contributed by atoms with Gasteiger partial charge in [-0.15, -0.1) is 0 Å². The minimum absolute atomic E-state index is 0.0143. The highest BCUT2D eigenvalue weighted by Gasteiger charge is 2.14. The van der Waals surface area contributed by atoms with Crippen molar-refractivity contribution in [2.75, 3.05) is 7.11 Å². The molecule has 134 valence electrons. The first-order chi connectivity index (χ1) is 12.4. The maximum absolute atomic E-state index is 12.7. The smallest absolute Gasteiger partial charge is 0.325 e. The zero-order valence-corrected chi connectivity index (χ0v) is 16.0. The van der Waals surface area contributed by atoms with Gasteiger partial charge >= 0.3 is 5.97 Å². The zero-order chi connectivity index (χ0) is 18.8. The Morgan fingerprint density at radius 3 is 2.54 bits per heavy atom. The predicted molar refractivity (Wildman–Crippen MR) is 102 cm³/mol. The Morgan fingerprint density at radius 2 is 1.85 bits per heavy atom. The van der Waals surface area contributed by atoms with Crippen LogP contribution in [0.25, 0.3) is 10.2 Å². The fraction of sp³-hybridized carbons (Fsp3) is 0.250. The Balaban J connectivity index is 2.16. The van der Waals surface area contributed by atoms with Crippen molar-refractivity contribution in [3.63, 3.8) is 0 Å². The normalized spacial score (nSPS) is 11.8. The summed E-state index contributed by atoms with van der Waals surface area (Å²) in [4.78, 5) is 29.3. The van der Waals surface area contributed by atoms with Crippen molar-refractivity contribution in [1.29, 1.82) is 0 Å². The van der Waals surface area contributed by atoms with E-state index in [1.807, 2.05) is 51.1 Å². The van der Waals surface area contributed by atoms with Crippen LogP contribution >= 0.6 is 11.3 Å². The van der Waals surface area contributed by atoms with E-state index < -0.39 is 0 Å². The van der Waals surface area contributed by atoms with Gasteiger partial charge in [-0.05, 0) is 55.7 Å². The molecule has 3 rings (SSSR count). The number of ether oxygens (including phenoxy) is 1. The number of amides is 1. The van der Waals surface area contributed by atoms with Gasteiger partial charge in [0.1, 0.15) is 6.54 Å². The van der Waals surface area contributed by atoms with E-state index in [4.69, 9.17) is 4.74 Å². The summed E-state index contributed by atoms with van der Waals surface area (Å²) in [7, 11) is 1.35. The summed E-state index contributed by atoms with van der Waals surface area (Å²) < 4.78 is 7.53. The van der Waals surface area contributed by atoms with Gasteiger partial charge in [-0.1, -0.05) is 29.5 Å². The van der Waals surface area contributed by atoms with Gasteiger partial charge in [0.2, 0.25) is 0 Å². The maximum atomic E-state index is 12.7. The third-order valence-corrected chi connectivity index (χ3v) is 5.41. The van der Waals surface area contributed by atoms with Crippen molar-refractivity contribution < 1.29 is 14.3 Å². The van der Waals surface area contributed by atoms with Crippen molar-refractivity contribution >= 4 is 33.4 Å². The number of esters is 1. The minimum Gasteiger partial charge on any atom is -0.468 e. The van der Waals surface area contributed by atoms with Crippen LogP contribution in [0, 0.1) is 20.8 Å². The molecular formula is C20H20N2O3S. The Hall–Kier alpha value is -2.73. The molecule has 0 aliphatic carbocycles. The molecule has 1 aromatic heterocycles. The number of carbonyl (C=O) groups is 2. The van der Waals surface area contributed by atoms with Crippen LogP contribution in [0.1, 0.15) is 27.0 Å². The van der Waals surface area contributed by atoms with Crippen LogP contribution in [-0.4, -0.2) is 23.6 Å². The number of thiazole rings is 1. The molecule has 6 heteroatoms. The van der Waals surface area contributed by atoms with Crippen LogP contribution in [0.5, 0.6) is 0 Å². The quantitative estimate of drug-likeness (QED) is 0.664. The van der Waals surface area contributed by atoms with E-state index in [1.54, 1.807) is 10.6 Å². The molecule has 0 unspecified atom stereocenters. The third-order valence-electron chi connectivity index (χ3n) is 4.37. The Kier molecular flexibility index (Phi) is 5.04. The monoisotopic (exact) mass is 368 g/mol. The molecule has 0 fully saturated rings. The van der Waals surface area contributed by atoms with Crippen LogP contribution in [0.4, 0.5) is 0 Å². The van der Waals surface area contributed by atoms with Gasteiger partial charge in [-0.25, -0.2) is 0 Å². The van der Waals surface area contributed by atoms with Crippen molar-refractivity contribution in [2.45, 2.75) is 27.3 Å². The number of benzene rings is 2. The molecule has 0 saturated heterocycles. The zero-order valence-electron chi connectivity index (χ0n) is 15.2. The van der Waals surface area contributed by atoms with Crippen molar-refractivity contribution in [3.8, 4) is 0 Å². The summed E-state index contributed by atoms with van der Waals surface area (Å²) in [6.45, 7) is 5.95. The molecule has 0 aliphatic heterocycles. The number of fused-ring (bicyclic) bond motifs is 1. The number of para-hydroxylation sites is 1. The summed E-state index contributed by atoms with van der Waals surface area (Å²) in [6, 6.07) is 11.4. The van der Waals surface area contributed by atoms with Gasteiger partial charge in [0, 0.05) is 5.56 Å². The molecule has 1 heterocycles. The molecule has 0 atom stereocenters. The number of hydrogen-bond acceptors (Lipinski definition) is 4. The number of aromatic nitrogens is 1. The van der Waals surface area contributed by atoms with Crippen molar-refractivity contribution in [2.24, 2.45) is 4.99 Å². The van der Waals surface area contributed by atoms with Crippen LogP contribution in [-0.2, 0) is 16.1 Å². The highest BCUT2D eigenvalue weighted by Crippen LogP contribution is 2.21. The molecule has 0 saturated carbocycles. The molecule has 0 N–H and O–H groups in total. The summed E-state index contributed by atoms with van der Waals surface area (Å²) in [5, 5.41) is 0. The second-order valence-corrected chi connectivity index (χ2v) is 7.19. The van der Waals surface area contributed by atoms with E-state index >= 15 is 0 Å². The first-order valence-electron chi connectivity index (χ1n) is 8.23.